The van der Waals surface area contributed by atoms with Gasteiger partial charge in [-0.05, 0) is 25.7 Å². The minimum Gasteiger partial charge on any atom is -0.396 e. The van der Waals surface area contributed by atoms with Crippen LogP contribution in [0.1, 0.15) is 51.1 Å². The first-order valence-electron chi connectivity index (χ1n) is 7.56. The second-order valence-electron chi connectivity index (χ2n) is 5.95. The minimum atomic E-state index is -0.306. The van der Waals surface area contributed by atoms with E-state index in [1.165, 1.54) is 0 Å². The van der Waals surface area contributed by atoms with Gasteiger partial charge in [0.25, 0.3) is 0 Å². The molecule has 21 heavy (non-hydrogen) atoms. The molecule has 7 heteroatoms. The van der Waals surface area contributed by atoms with E-state index in [0.717, 1.165) is 32.2 Å². The summed E-state index contributed by atoms with van der Waals surface area (Å²) >= 11 is 0. The summed E-state index contributed by atoms with van der Waals surface area (Å²) in [7, 11) is 1.77. The van der Waals surface area contributed by atoms with Crippen molar-refractivity contribution < 1.29 is 10.0 Å². The van der Waals surface area contributed by atoms with Crippen molar-refractivity contribution in [1.29, 1.82) is 0 Å². The van der Waals surface area contributed by atoms with E-state index < -0.39 is 0 Å². The smallest absolute Gasteiger partial charge is 0.334 e. The Labute approximate surface area is 124 Å². The van der Waals surface area contributed by atoms with Gasteiger partial charge in [0.05, 0.1) is 4.92 Å². The number of aliphatic hydroxyl groups is 1. The maximum absolute atomic E-state index is 11.5. The average Bonchev–Trinajstić information content (AvgIpc) is 2.99. The SMILES string of the molecule is CC(C)c1nn(C)c(N2CCCC2CCCO)c1[N+](=O)[O-]. The average molecular weight is 296 g/mol. The van der Waals surface area contributed by atoms with E-state index in [2.05, 4.69) is 10.00 Å². The first kappa shape index (κ1) is 15.8. The lowest BCUT2D eigenvalue weighted by atomic mass is 10.1. The molecular weight excluding hydrogens is 272 g/mol. The third-order valence-electron chi connectivity index (χ3n) is 4.09. The molecule has 2 heterocycles. The predicted molar refractivity (Wildman–Crippen MR) is 80.6 cm³/mol. The van der Waals surface area contributed by atoms with E-state index in [9.17, 15) is 10.1 Å². The Hall–Kier alpha value is -1.63. The van der Waals surface area contributed by atoms with Gasteiger partial charge in [-0.2, -0.15) is 5.10 Å². The van der Waals surface area contributed by atoms with Crippen LogP contribution < -0.4 is 4.90 Å². The molecule has 0 saturated carbocycles. The van der Waals surface area contributed by atoms with Crippen molar-refractivity contribution in [2.75, 3.05) is 18.1 Å². The topological polar surface area (TPSA) is 84.4 Å². The lowest BCUT2D eigenvalue weighted by Gasteiger charge is -2.25. The molecule has 1 unspecified atom stereocenters. The number of hydrogen-bond acceptors (Lipinski definition) is 5. The van der Waals surface area contributed by atoms with Crippen molar-refractivity contribution in [1.82, 2.24) is 9.78 Å². The van der Waals surface area contributed by atoms with E-state index in [-0.39, 0.29) is 29.2 Å². The molecule has 0 aliphatic carbocycles. The van der Waals surface area contributed by atoms with Gasteiger partial charge < -0.3 is 10.0 Å². The number of hydrogen-bond donors (Lipinski definition) is 1. The molecule has 1 fully saturated rings. The van der Waals surface area contributed by atoms with Crippen molar-refractivity contribution in [3.05, 3.63) is 15.8 Å². The Bertz CT molecular complexity index is 513. The second-order valence-corrected chi connectivity index (χ2v) is 5.95. The normalized spacial score (nSPS) is 18.7. The van der Waals surface area contributed by atoms with Crippen LogP contribution in [0.4, 0.5) is 11.5 Å². The fourth-order valence-corrected chi connectivity index (χ4v) is 3.15. The molecule has 1 N–H and O–H groups in total. The lowest BCUT2D eigenvalue weighted by molar-refractivity contribution is -0.385. The highest BCUT2D eigenvalue weighted by atomic mass is 16.6. The summed E-state index contributed by atoms with van der Waals surface area (Å²) in [5.74, 6) is 0.632. The van der Waals surface area contributed by atoms with Crippen molar-refractivity contribution in [3.8, 4) is 0 Å². The first-order chi connectivity index (χ1) is 9.97. The van der Waals surface area contributed by atoms with E-state index in [0.29, 0.717) is 11.5 Å². The van der Waals surface area contributed by atoms with Crippen LogP contribution in [0.2, 0.25) is 0 Å². The Morgan fingerprint density at radius 1 is 1.52 bits per heavy atom. The highest BCUT2D eigenvalue weighted by Crippen LogP contribution is 2.39. The summed E-state index contributed by atoms with van der Waals surface area (Å²) in [5.41, 5.74) is 0.689. The Morgan fingerprint density at radius 2 is 2.24 bits per heavy atom. The zero-order valence-corrected chi connectivity index (χ0v) is 12.9. The molecule has 1 aliphatic heterocycles. The quantitative estimate of drug-likeness (QED) is 0.642. The van der Waals surface area contributed by atoms with Crippen LogP contribution in [0, 0.1) is 10.1 Å². The van der Waals surface area contributed by atoms with E-state index in [4.69, 9.17) is 5.11 Å². The molecule has 0 spiro atoms. The van der Waals surface area contributed by atoms with Crippen LogP contribution in [-0.4, -0.2) is 39.0 Å². The number of aliphatic hydroxyl groups excluding tert-OH is 1. The van der Waals surface area contributed by atoms with E-state index >= 15 is 0 Å². The molecule has 1 saturated heterocycles. The molecule has 1 atom stereocenters. The molecule has 0 radical (unpaired) electrons. The summed E-state index contributed by atoms with van der Waals surface area (Å²) in [6.07, 6.45) is 3.62. The van der Waals surface area contributed by atoms with Gasteiger partial charge in [-0.3, -0.25) is 10.1 Å². The standard InChI is InChI=1S/C14H24N4O3/c1-10(2)12-13(18(20)21)14(16(3)15-12)17-8-4-6-11(17)7-5-9-19/h10-11,19H,4-9H2,1-3H3. The van der Waals surface area contributed by atoms with Crippen molar-refractivity contribution >= 4 is 11.5 Å². The molecular formula is C14H24N4O3. The summed E-state index contributed by atoms with van der Waals surface area (Å²) in [6.45, 7) is 4.82. The largest absolute Gasteiger partial charge is 0.396 e. The fraction of sp³-hybridized carbons (Fsp3) is 0.786. The third-order valence-corrected chi connectivity index (χ3v) is 4.09. The van der Waals surface area contributed by atoms with Crippen LogP contribution >= 0.6 is 0 Å². The second kappa shape index (κ2) is 6.43. The highest BCUT2D eigenvalue weighted by Gasteiger charge is 2.36. The summed E-state index contributed by atoms with van der Waals surface area (Å²) < 4.78 is 1.64. The zero-order valence-electron chi connectivity index (χ0n) is 12.9. The van der Waals surface area contributed by atoms with Crippen LogP contribution in [0.5, 0.6) is 0 Å². The number of aryl methyl sites for hydroxylation is 1. The number of nitrogens with zero attached hydrogens (tertiary/aromatic N) is 4. The number of anilines is 1. The molecule has 118 valence electrons. The van der Waals surface area contributed by atoms with Gasteiger partial charge in [-0.1, -0.05) is 13.8 Å². The first-order valence-corrected chi connectivity index (χ1v) is 7.56. The summed E-state index contributed by atoms with van der Waals surface area (Å²) in [6, 6.07) is 0.256. The van der Waals surface area contributed by atoms with Crippen molar-refractivity contribution in [2.24, 2.45) is 7.05 Å². The molecule has 0 amide bonds. The van der Waals surface area contributed by atoms with E-state index in [1.54, 1.807) is 11.7 Å². The molecule has 1 aromatic rings. The van der Waals surface area contributed by atoms with Crippen LogP contribution in [0.15, 0.2) is 0 Å². The lowest BCUT2D eigenvalue weighted by Crippen LogP contribution is -2.31. The van der Waals surface area contributed by atoms with Crippen LogP contribution in [-0.2, 0) is 7.05 Å². The van der Waals surface area contributed by atoms with Gasteiger partial charge in [0.15, 0.2) is 0 Å². The van der Waals surface area contributed by atoms with Gasteiger partial charge in [-0.15, -0.1) is 0 Å². The fourth-order valence-electron chi connectivity index (χ4n) is 3.15. The minimum absolute atomic E-state index is 0.0174. The van der Waals surface area contributed by atoms with Crippen LogP contribution in [0.25, 0.3) is 0 Å². The molecule has 0 aromatic carbocycles. The Kier molecular flexibility index (Phi) is 4.82. The number of nitro groups is 1. The maximum Gasteiger partial charge on any atom is 0.334 e. The summed E-state index contributed by atoms with van der Waals surface area (Å²) in [4.78, 5) is 13.3. The molecule has 0 bridgehead atoms. The Balaban J connectivity index is 2.40. The van der Waals surface area contributed by atoms with Gasteiger partial charge in [0.2, 0.25) is 5.82 Å². The van der Waals surface area contributed by atoms with Crippen molar-refractivity contribution in [3.63, 3.8) is 0 Å². The molecule has 1 aromatic heterocycles. The predicted octanol–water partition coefficient (Wildman–Crippen LogP) is 2.19. The van der Waals surface area contributed by atoms with Crippen molar-refractivity contribution in [2.45, 2.75) is 51.5 Å². The maximum atomic E-state index is 11.5. The monoisotopic (exact) mass is 296 g/mol. The third kappa shape index (κ3) is 3.02. The summed E-state index contributed by atoms with van der Waals surface area (Å²) in [5, 5.41) is 24.9. The number of rotatable bonds is 6. The molecule has 2 rings (SSSR count). The van der Waals surface area contributed by atoms with Crippen LogP contribution in [0.3, 0.4) is 0 Å². The number of aromatic nitrogens is 2. The van der Waals surface area contributed by atoms with Gasteiger partial charge >= 0.3 is 5.69 Å². The van der Waals surface area contributed by atoms with E-state index in [1.807, 2.05) is 13.8 Å². The molecule has 1 aliphatic rings. The molecule has 7 nitrogen and oxygen atoms in total. The van der Waals surface area contributed by atoms with Gasteiger partial charge in [0, 0.05) is 32.2 Å². The zero-order chi connectivity index (χ0) is 15.6. The van der Waals surface area contributed by atoms with Gasteiger partial charge in [-0.25, -0.2) is 4.68 Å². The highest BCUT2D eigenvalue weighted by molar-refractivity contribution is 5.63. The Morgan fingerprint density at radius 3 is 2.81 bits per heavy atom. The van der Waals surface area contributed by atoms with Gasteiger partial charge in [0.1, 0.15) is 5.69 Å².